The SMILES string of the molecule is CN=CC1=C(SCC(=O)c2ccccc2)NC(C)=C(C(C)=O)C1c1ccccc1. The van der Waals surface area contributed by atoms with Gasteiger partial charge in [0.2, 0.25) is 0 Å². The summed E-state index contributed by atoms with van der Waals surface area (Å²) in [5, 5.41) is 4.20. The summed E-state index contributed by atoms with van der Waals surface area (Å²) in [7, 11) is 1.71. The molecule has 0 aromatic heterocycles. The summed E-state index contributed by atoms with van der Waals surface area (Å²) in [6.07, 6.45) is 1.79. The number of benzene rings is 2. The molecule has 0 saturated heterocycles. The van der Waals surface area contributed by atoms with Gasteiger partial charge in [0, 0.05) is 41.6 Å². The lowest BCUT2D eigenvalue weighted by Crippen LogP contribution is -2.28. The van der Waals surface area contributed by atoms with Gasteiger partial charge in [0.25, 0.3) is 0 Å². The molecule has 1 N–H and O–H groups in total. The first-order chi connectivity index (χ1) is 14.0. The highest BCUT2D eigenvalue weighted by Gasteiger charge is 2.32. The van der Waals surface area contributed by atoms with Crippen LogP contribution in [0.15, 0.2) is 87.5 Å². The van der Waals surface area contributed by atoms with Gasteiger partial charge in [0.1, 0.15) is 0 Å². The van der Waals surface area contributed by atoms with Crippen LogP contribution in [0.5, 0.6) is 0 Å². The predicted octanol–water partition coefficient (Wildman–Crippen LogP) is 4.76. The Labute approximate surface area is 175 Å². The van der Waals surface area contributed by atoms with Crippen molar-refractivity contribution in [2.75, 3.05) is 12.8 Å². The van der Waals surface area contributed by atoms with E-state index in [1.165, 1.54) is 11.8 Å². The molecule has 1 heterocycles. The molecule has 0 aliphatic carbocycles. The molecule has 0 bridgehead atoms. The molecule has 2 aromatic rings. The van der Waals surface area contributed by atoms with E-state index in [2.05, 4.69) is 10.3 Å². The first-order valence-corrected chi connectivity index (χ1v) is 10.4. The van der Waals surface area contributed by atoms with Gasteiger partial charge in [-0.2, -0.15) is 0 Å². The molecule has 1 aliphatic heterocycles. The van der Waals surface area contributed by atoms with Crippen LogP contribution in [-0.4, -0.2) is 30.6 Å². The van der Waals surface area contributed by atoms with Crippen molar-refractivity contribution in [1.29, 1.82) is 0 Å². The molecule has 3 rings (SSSR count). The van der Waals surface area contributed by atoms with Crippen molar-refractivity contribution in [3.63, 3.8) is 0 Å². The number of nitrogens with one attached hydrogen (secondary N) is 1. The average molecular weight is 405 g/mol. The number of rotatable bonds is 7. The third kappa shape index (κ3) is 4.74. The van der Waals surface area contributed by atoms with Crippen LogP contribution in [0.3, 0.4) is 0 Å². The zero-order chi connectivity index (χ0) is 20.8. The van der Waals surface area contributed by atoms with E-state index < -0.39 is 0 Å². The predicted molar refractivity (Wildman–Crippen MR) is 120 cm³/mol. The van der Waals surface area contributed by atoms with Gasteiger partial charge in [0.15, 0.2) is 11.6 Å². The molecule has 0 saturated carbocycles. The molecule has 1 aliphatic rings. The van der Waals surface area contributed by atoms with E-state index in [1.54, 1.807) is 20.2 Å². The summed E-state index contributed by atoms with van der Waals surface area (Å²) in [5.41, 5.74) is 4.17. The number of aliphatic imine (C=N–C) groups is 1. The van der Waals surface area contributed by atoms with Crippen molar-refractivity contribution in [3.8, 4) is 0 Å². The molecule has 0 spiro atoms. The highest BCUT2D eigenvalue weighted by Crippen LogP contribution is 2.40. The van der Waals surface area contributed by atoms with Crippen LogP contribution in [0.4, 0.5) is 0 Å². The first-order valence-electron chi connectivity index (χ1n) is 9.44. The molecule has 0 radical (unpaired) electrons. The minimum atomic E-state index is -0.215. The minimum absolute atomic E-state index is 0.0234. The van der Waals surface area contributed by atoms with Gasteiger partial charge in [0.05, 0.1) is 10.8 Å². The molecule has 148 valence electrons. The standard InChI is InChI=1S/C24H24N2O2S/c1-16-22(17(2)27)23(19-12-8-5-9-13-19)20(14-25-3)24(26-16)29-15-21(28)18-10-6-4-7-11-18/h4-14,23,26H,15H2,1-3H3. The number of thioether (sulfide) groups is 1. The van der Waals surface area contributed by atoms with E-state index in [-0.39, 0.29) is 17.5 Å². The largest absolute Gasteiger partial charge is 0.353 e. The van der Waals surface area contributed by atoms with Crippen LogP contribution in [0.2, 0.25) is 0 Å². The zero-order valence-corrected chi connectivity index (χ0v) is 17.6. The summed E-state index contributed by atoms with van der Waals surface area (Å²) < 4.78 is 0. The third-order valence-electron chi connectivity index (χ3n) is 4.79. The number of ketones is 2. The topological polar surface area (TPSA) is 58.5 Å². The number of carbonyl (C=O) groups excluding carboxylic acids is 2. The molecule has 0 fully saturated rings. The van der Waals surface area contributed by atoms with E-state index in [0.29, 0.717) is 11.3 Å². The Morgan fingerprint density at radius 2 is 1.69 bits per heavy atom. The molecule has 29 heavy (non-hydrogen) atoms. The average Bonchev–Trinajstić information content (AvgIpc) is 2.74. The molecule has 1 unspecified atom stereocenters. The quantitative estimate of drug-likeness (QED) is 0.534. The lowest BCUT2D eigenvalue weighted by Gasteiger charge is -2.30. The fraction of sp³-hybridized carbons (Fsp3) is 0.208. The van der Waals surface area contributed by atoms with Crippen LogP contribution in [0.1, 0.15) is 35.7 Å². The second-order valence-electron chi connectivity index (χ2n) is 6.81. The van der Waals surface area contributed by atoms with Gasteiger partial charge in [-0.05, 0) is 19.4 Å². The van der Waals surface area contributed by atoms with E-state index in [0.717, 1.165) is 27.4 Å². The van der Waals surface area contributed by atoms with Crippen molar-refractivity contribution in [2.24, 2.45) is 4.99 Å². The summed E-state index contributed by atoms with van der Waals surface area (Å²) in [6, 6.07) is 19.2. The van der Waals surface area contributed by atoms with E-state index >= 15 is 0 Å². The number of dihydropyridines is 1. The second-order valence-corrected chi connectivity index (χ2v) is 7.80. The number of carbonyl (C=O) groups is 2. The molecular formula is C24H24N2O2S. The third-order valence-corrected chi connectivity index (χ3v) is 5.82. The maximum absolute atomic E-state index is 12.6. The van der Waals surface area contributed by atoms with Crippen LogP contribution in [0, 0.1) is 0 Å². The van der Waals surface area contributed by atoms with Crippen LogP contribution in [0.25, 0.3) is 0 Å². The monoisotopic (exact) mass is 404 g/mol. The Morgan fingerprint density at radius 3 is 2.28 bits per heavy atom. The smallest absolute Gasteiger partial charge is 0.173 e. The molecule has 0 amide bonds. The fourth-order valence-electron chi connectivity index (χ4n) is 3.51. The number of hydrogen-bond acceptors (Lipinski definition) is 5. The van der Waals surface area contributed by atoms with Gasteiger partial charge in [-0.25, -0.2) is 0 Å². The van der Waals surface area contributed by atoms with Crippen LogP contribution < -0.4 is 5.32 Å². The van der Waals surface area contributed by atoms with Crippen molar-refractivity contribution < 1.29 is 9.59 Å². The Balaban J connectivity index is 1.98. The molecule has 1 atom stereocenters. The lowest BCUT2D eigenvalue weighted by molar-refractivity contribution is -0.113. The molecule has 4 nitrogen and oxygen atoms in total. The summed E-state index contributed by atoms with van der Waals surface area (Å²) >= 11 is 1.45. The van der Waals surface area contributed by atoms with Gasteiger partial charge in [-0.1, -0.05) is 72.4 Å². The van der Waals surface area contributed by atoms with Gasteiger partial charge in [-0.3, -0.25) is 14.6 Å². The Hall–Kier alpha value is -2.92. The Morgan fingerprint density at radius 1 is 1.07 bits per heavy atom. The van der Waals surface area contributed by atoms with Gasteiger partial charge in [-0.15, -0.1) is 0 Å². The van der Waals surface area contributed by atoms with E-state index in [4.69, 9.17) is 0 Å². The Kier molecular flexibility index (Phi) is 6.83. The maximum atomic E-state index is 12.6. The summed E-state index contributed by atoms with van der Waals surface area (Å²) in [5.74, 6) is 0.175. The highest BCUT2D eigenvalue weighted by atomic mass is 32.2. The van der Waals surface area contributed by atoms with Gasteiger partial charge >= 0.3 is 0 Å². The van der Waals surface area contributed by atoms with Crippen LogP contribution in [-0.2, 0) is 4.79 Å². The van der Waals surface area contributed by atoms with E-state index in [1.807, 2.05) is 67.6 Å². The van der Waals surface area contributed by atoms with E-state index in [9.17, 15) is 9.59 Å². The second kappa shape index (κ2) is 9.52. The number of nitrogens with zero attached hydrogens (tertiary/aromatic N) is 1. The first kappa shape index (κ1) is 20.8. The number of allylic oxidation sites excluding steroid dienone is 3. The lowest BCUT2D eigenvalue weighted by atomic mass is 9.81. The number of hydrogen-bond donors (Lipinski definition) is 1. The van der Waals surface area contributed by atoms with Crippen molar-refractivity contribution in [3.05, 3.63) is 93.7 Å². The summed E-state index contributed by atoms with van der Waals surface area (Å²) in [6.45, 7) is 3.50. The highest BCUT2D eigenvalue weighted by molar-refractivity contribution is 8.03. The summed E-state index contributed by atoms with van der Waals surface area (Å²) in [4.78, 5) is 29.3. The molecular weight excluding hydrogens is 380 g/mol. The fourth-order valence-corrected chi connectivity index (χ4v) is 4.51. The zero-order valence-electron chi connectivity index (χ0n) is 16.8. The van der Waals surface area contributed by atoms with Crippen molar-refractivity contribution >= 4 is 29.5 Å². The van der Waals surface area contributed by atoms with Gasteiger partial charge < -0.3 is 5.32 Å². The maximum Gasteiger partial charge on any atom is 0.173 e. The van der Waals surface area contributed by atoms with Crippen molar-refractivity contribution in [2.45, 2.75) is 19.8 Å². The van der Waals surface area contributed by atoms with Crippen LogP contribution >= 0.6 is 11.8 Å². The number of Topliss-reactive ketones (excluding diaryl/α,β-unsaturated/α-hetero) is 2. The molecule has 2 aromatic carbocycles. The Bertz CT molecular complexity index is 992. The van der Waals surface area contributed by atoms with Crippen molar-refractivity contribution in [1.82, 2.24) is 5.32 Å². The molecule has 5 heteroatoms. The minimum Gasteiger partial charge on any atom is -0.353 e. The normalized spacial score (nSPS) is 16.9.